The summed E-state index contributed by atoms with van der Waals surface area (Å²) in [4.78, 5) is 0. The Morgan fingerprint density at radius 3 is 2.76 bits per heavy atom. The predicted molar refractivity (Wildman–Crippen MR) is 75.5 cm³/mol. The van der Waals surface area contributed by atoms with Gasteiger partial charge in [-0.3, -0.25) is 0 Å². The SMILES string of the molecule is CC1(C)CCCCC1Nc1ccc(N)cc1Cl. The second kappa shape index (κ2) is 4.77. The summed E-state index contributed by atoms with van der Waals surface area (Å²) < 4.78 is 0. The summed E-state index contributed by atoms with van der Waals surface area (Å²) in [5, 5.41) is 4.29. The first-order valence-corrected chi connectivity index (χ1v) is 6.68. The van der Waals surface area contributed by atoms with Gasteiger partial charge < -0.3 is 11.1 Å². The number of hydrogen-bond donors (Lipinski definition) is 2. The van der Waals surface area contributed by atoms with Gasteiger partial charge in [-0.15, -0.1) is 0 Å². The summed E-state index contributed by atoms with van der Waals surface area (Å²) >= 11 is 6.20. The summed E-state index contributed by atoms with van der Waals surface area (Å²) in [6, 6.07) is 6.17. The highest BCUT2D eigenvalue weighted by Gasteiger charge is 2.32. The molecule has 0 saturated heterocycles. The number of benzene rings is 1. The second-order valence-electron chi connectivity index (χ2n) is 5.67. The number of nitrogens with two attached hydrogens (primary N) is 1. The Hall–Kier alpha value is -0.890. The topological polar surface area (TPSA) is 38.0 Å². The number of nitrogens with one attached hydrogen (secondary N) is 1. The van der Waals surface area contributed by atoms with Crippen LogP contribution in [0.15, 0.2) is 18.2 Å². The quantitative estimate of drug-likeness (QED) is 0.770. The monoisotopic (exact) mass is 252 g/mol. The van der Waals surface area contributed by atoms with Gasteiger partial charge in [-0.05, 0) is 36.5 Å². The zero-order chi connectivity index (χ0) is 12.5. The van der Waals surface area contributed by atoms with Gasteiger partial charge in [-0.2, -0.15) is 0 Å². The first kappa shape index (κ1) is 12.6. The van der Waals surface area contributed by atoms with Gasteiger partial charge in [0.05, 0.1) is 10.7 Å². The summed E-state index contributed by atoms with van der Waals surface area (Å²) in [6.45, 7) is 4.66. The van der Waals surface area contributed by atoms with Gasteiger partial charge in [-0.25, -0.2) is 0 Å². The van der Waals surface area contributed by atoms with Gasteiger partial charge in [0.15, 0.2) is 0 Å². The molecule has 1 aliphatic rings. The maximum atomic E-state index is 6.20. The maximum absolute atomic E-state index is 6.20. The second-order valence-corrected chi connectivity index (χ2v) is 6.08. The molecule has 1 atom stereocenters. The van der Waals surface area contributed by atoms with Crippen LogP contribution in [0, 0.1) is 5.41 Å². The number of rotatable bonds is 2. The van der Waals surface area contributed by atoms with E-state index in [-0.39, 0.29) is 0 Å². The van der Waals surface area contributed by atoms with Crippen LogP contribution in [0.4, 0.5) is 11.4 Å². The molecule has 0 aromatic heterocycles. The molecule has 1 saturated carbocycles. The molecule has 2 rings (SSSR count). The van der Waals surface area contributed by atoms with Crippen molar-refractivity contribution in [1.29, 1.82) is 0 Å². The molecule has 3 N–H and O–H groups in total. The van der Waals surface area contributed by atoms with Crippen LogP contribution in [-0.4, -0.2) is 6.04 Å². The fourth-order valence-electron chi connectivity index (χ4n) is 2.60. The number of halogens is 1. The molecule has 1 fully saturated rings. The summed E-state index contributed by atoms with van der Waals surface area (Å²) in [6.07, 6.45) is 5.12. The van der Waals surface area contributed by atoms with Crippen LogP contribution >= 0.6 is 11.6 Å². The molecule has 0 amide bonds. The Bertz CT molecular complexity index is 401. The van der Waals surface area contributed by atoms with E-state index in [1.54, 1.807) is 6.07 Å². The van der Waals surface area contributed by atoms with Crippen LogP contribution in [0.25, 0.3) is 0 Å². The van der Waals surface area contributed by atoms with Crippen molar-refractivity contribution in [1.82, 2.24) is 0 Å². The third kappa shape index (κ3) is 2.86. The number of anilines is 2. The van der Waals surface area contributed by atoms with Gasteiger partial charge in [0.25, 0.3) is 0 Å². The summed E-state index contributed by atoms with van der Waals surface area (Å²) in [5.74, 6) is 0. The largest absolute Gasteiger partial charge is 0.399 e. The lowest BCUT2D eigenvalue weighted by Gasteiger charge is -2.39. The van der Waals surface area contributed by atoms with Gasteiger partial charge in [0.1, 0.15) is 0 Å². The smallest absolute Gasteiger partial charge is 0.0658 e. The highest BCUT2D eigenvalue weighted by atomic mass is 35.5. The van der Waals surface area contributed by atoms with Crippen molar-refractivity contribution in [2.75, 3.05) is 11.1 Å². The summed E-state index contributed by atoms with van der Waals surface area (Å²) in [5.41, 5.74) is 7.75. The normalized spacial score (nSPS) is 23.4. The summed E-state index contributed by atoms with van der Waals surface area (Å²) in [7, 11) is 0. The zero-order valence-corrected chi connectivity index (χ0v) is 11.3. The Morgan fingerprint density at radius 1 is 1.35 bits per heavy atom. The molecule has 1 aliphatic carbocycles. The molecule has 3 heteroatoms. The van der Waals surface area contributed by atoms with Crippen LogP contribution in [-0.2, 0) is 0 Å². The number of hydrogen-bond acceptors (Lipinski definition) is 2. The lowest BCUT2D eigenvalue weighted by atomic mass is 9.73. The molecule has 1 aromatic carbocycles. The molecule has 0 heterocycles. The lowest BCUT2D eigenvalue weighted by Crippen LogP contribution is -2.38. The van der Waals surface area contributed by atoms with Crippen LogP contribution in [0.3, 0.4) is 0 Å². The van der Waals surface area contributed by atoms with Crippen LogP contribution in [0.1, 0.15) is 39.5 Å². The van der Waals surface area contributed by atoms with E-state index >= 15 is 0 Å². The van der Waals surface area contributed by atoms with E-state index < -0.39 is 0 Å². The van der Waals surface area contributed by atoms with Crippen molar-refractivity contribution in [3.05, 3.63) is 23.2 Å². The van der Waals surface area contributed by atoms with Gasteiger partial charge in [0.2, 0.25) is 0 Å². The standard InChI is InChI=1S/C14H21ClN2/c1-14(2)8-4-3-5-13(14)17-12-7-6-10(16)9-11(12)15/h6-7,9,13,17H,3-5,8,16H2,1-2H3. The molecular formula is C14H21ClN2. The highest BCUT2D eigenvalue weighted by molar-refractivity contribution is 6.33. The van der Waals surface area contributed by atoms with Gasteiger partial charge in [-0.1, -0.05) is 38.3 Å². The van der Waals surface area contributed by atoms with Crippen molar-refractivity contribution in [3.63, 3.8) is 0 Å². The Morgan fingerprint density at radius 2 is 2.12 bits per heavy atom. The first-order chi connectivity index (χ1) is 7.99. The van der Waals surface area contributed by atoms with E-state index in [1.807, 2.05) is 12.1 Å². The molecule has 0 spiro atoms. The van der Waals surface area contributed by atoms with Crippen LogP contribution in [0.2, 0.25) is 5.02 Å². The molecule has 17 heavy (non-hydrogen) atoms. The van der Waals surface area contributed by atoms with Crippen molar-refractivity contribution < 1.29 is 0 Å². The minimum atomic E-state index is 0.336. The molecule has 1 aromatic rings. The molecular weight excluding hydrogens is 232 g/mol. The van der Waals surface area contributed by atoms with Crippen LogP contribution in [0.5, 0.6) is 0 Å². The molecule has 2 nitrogen and oxygen atoms in total. The molecule has 1 unspecified atom stereocenters. The Labute approximate surface area is 109 Å². The lowest BCUT2D eigenvalue weighted by molar-refractivity contribution is 0.217. The predicted octanol–water partition coefficient (Wildman–Crippen LogP) is 4.30. The molecule has 94 valence electrons. The fraction of sp³-hybridized carbons (Fsp3) is 0.571. The average molecular weight is 253 g/mol. The van der Waals surface area contributed by atoms with Gasteiger partial charge in [0, 0.05) is 11.7 Å². The van der Waals surface area contributed by atoms with Crippen molar-refractivity contribution in [2.45, 2.75) is 45.6 Å². The van der Waals surface area contributed by atoms with E-state index in [0.717, 1.165) is 5.69 Å². The van der Waals surface area contributed by atoms with Crippen molar-refractivity contribution >= 4 is 23.0 Å². The third-order valence-electron chi connectivity index (χ3n) is 3.83. The van der Waals surface area contributed by atoms with Crippen molar-refractivity contribution in [2.24, 2.45) is 5.41 Å². The van der Waals surface area contributed by atoms with E-state index in [1.165, 1.54) is 25.7 Å². The van der Waals surface area contributed by atoms with E-state index in [9.17, 15) is 0 Å². The third-order valence-corrected chi connectivity index (χ3v) is 4.14. The van der Waals surface area contributed by atoms with Crippen LogP contribution < -0.4 is 11.1 Å². The molecule has 0 aliphatic heterocycles. The fourth-order valence-corrected chi connectivity index (χ4v) is 2.84. The first-order valence-electron chi connectivity index (χ1n) is 6.30. The molecule has 0 radical (unpaired) electrons. The molecule has 0 bridgehead atoms. The minimum Gasteiger partial charge on any atom is -0.399 e. The van der Waals surface area contributed by atoms with Crippen molar-refractivity contribution in [3.8, 4) is 0 Å². The zero-order valence-electron chi connectivity index (χ0n) is 10.6. The van der Waals surface area contributed by atoms with E-state index in [4.69, 9.17) is 17.3 Å². The number of nitrogen functional groups attached to an aromatic ring is 1. The van der Waals surface area contributed by atoms with Gasteiger partial charge >= 0.3 is 0 Å². The Balaban J connectivity index is 2.14. The highest BCUT2D eigenvalue weighted by Crippen LogP contribution is 2.38. The Kier molecular flexibility index (Phi) is 3.53. The minimum absolute atomic E-state index is 0.336. The van der Waals surface area contributed by atoms with E-state index in [0.29, 0.717) is 22.2 Å². The average Bonchev–Trinajstić information content (AvgIpc) is 2.24. The van der Waals surface area contributed by atoms with E-state index in [2.05, 4.69) is 19.2 Å². The maximum Gasteiger partial charge on any atom is 0.0658 e.